The van der Waals surface area contributed by atoms with E-state index in [0.29, 0.717) is 18.2 Å². The Morgan fingerprint density at radius 1 is 0.960 bits per heavy atom. The van der Waals surface area contributed by atoms with E-state index in [0.717, 1.165) is 6.20 Å². The number of H-pyrrole nitrogens is 1. The van der Waals surface area contributed by atoms with E-state index in [1.165, 1.54) is 0 Å². The van der Waals surface area contributed by atoms with Crippen molar-refractivity contribution >= 4 is 11.6 Å². The Hall–Kier alpha value is -2.98. The van der Waals surface area contributed by atoms with Crippen LogP contribution in [0.5, 0.6) is 5.75 Å². The standard InChI is InChI=1S/C14H8F6N2O3/c15-13(16,17)6-1-7(14(18,19)20)3-8(2-6)22-12(25)9-5-21-11(24)4-10(9)23/h1-5H,(H,22,25)(H2,21,23,24). The van der Waals surface area contributed by atoms with Crippen LogP contribution in [0.25, 0.3) is 0 Å². The molecule has 2 aromatic rings. The number of carbonyl (C=O) groups is 1. The van der Waals surface area contributed by atoms with E-state index in [2.05, 4.69) is 0 Å². The Morgan fingerprint density at radius 2 is 1.48 bits per heavy atom. The van der Waals surface area contributed by atoms with E-state index in [9.17, 15) is 41.0 Å². The van der Waals surface area contributed by atoms with Gasteiger partial charge in [0.25, 0.3) is 11.5 Å². The van der Waals surface area contributed by atoms with Gasteiger partial charge >= 0.3 is 12.4 Å². The zero-order chi connectivity index (χ0) is 19.0. The number of anilines is 1. The largest absolute Gasteiger partial charge is 0.507 e. The van der Waals surface area contributed by atoms with Crippen LogP contribution in [0.2, 0.25) is 0 Å². The molecule has 0 radical (unpaired) electrons. The molecule has 0 aliphatic carbocycles. The van der Waals surface area contributed by atoms with Gasteiger partial charge in [0.15, 0.2) is 0 Å². The normalized spacial score (nSPS) is 12.1. The molecule has 2 rings (SSSR count). The molecule has 5 nitrogen and oxygen atoms in total. The van der Waals surface area contributed by atoms with Gasteiger partial charge in [-0.2, -0.15) is 26.3 Å². The first-order chi connectivity index (χ1) is 11.4. The van der Waals surface area contributed by atoms with E-state index in [4.69, 9.17) is 0 Å². The van der Waals surface area contributed by atoms with Crippen LogP contribution < -0.4 is 10.9 Å². The van der Waals surface area contributed by atoms with Gasteiger partial charge in [-0.15, -0.1) is 0 Å². The summed E-state index contributed by atoms with van der Waals surface area (Å²) in [6.07, 6.45) is -9.37. The third-order valence-electron chi connectivity index (χ3n) is 2.99. The Balaban J connectivity index is 2.44. The molecule has 0 unspecified atom stereocenters. The number of rotatable bonds is 2. The molecule has 0 aliphatic heterocycles. The van der Waals surface area contributed by atoms with Crippen molar-refractivity contribution in [2.45, 2.75) is 12.4 Å². The van der Waals surface area contributed by atoms with Crippen LogP contribution in [-0.2, 0) is 12.4 Å². The highest BCUT2D eigenvalue weighted by molar-refractivity contribution is 6.05. The Bertz CT molecular complexity index is 838. The quantitative estimate of drug-likeness (QED) is 0.713. The number of pyridine rings is 1. The molecule has 25 heavy (non-hydrogen) atoms. The molecule has 0 saturated carbocycles. The molecule has 0 atom stereocenters. The molecule has 1 amide bonds. The van der Waals surface area contributed by atoms with Crippen LogP contribution in [0.4, 0.5) is 32.0 Å². The van der Waals surface area contributed by atoms with E-state index in [-0.39, 0.29) is 6.07 Å². The van der Waals surface area contributed by atoms with Gasteiger partial charge in [0.05, 0.1) is 16.7 Å². The molecular weight excluding hydrogens is 358 g/mol. The number of nitrogens with one attached hydrogen (secondary N) is 2. The molecule has 0 bridgehead atoms. The first kappa shape index (κ1) is 18.4. The number of aromatic amines is 1. The number of hydrogen-bond acceptors (Lipinski definition) is 3. The first-order valence-corrected chi connectivity index (χ1v) is 6.40. The van der Waals surface area contributed by atoms with E-state index >= 15 is 0 Å². The number of aromatic hydroxyl groups is 1. The zero-order valence-corrected chi connectivity index (χ0v) is 11.9. The second kappa shape index (κ2) is 6.15. The minimum Gasteiger partial charge on any atom is -0.507 e. The molecule has 0 saturated heterocycles. The van der Waals surface area contributed by atoms with Gasteiger partial charge < -0.3 is 15.4 Å². The molecule has 1 heterocycles. The summed E-state index contributed by atoms with van der Waals surface area (Å²) < 4.78 is 76.5. The number of aromatic nitrogens is 1. The molecule has 1 aromatic heterocycles. The Kier molecular flexibility index (Phi) is 4.51. The second-order valence-corrected chi connectivity index (χ2v) is 4.84. The van der Waals surface area contributed by atoms with Crippen LogP contribution in [0.1, 0.15) is 21.5 Å². The lowest BCUT2D eigenvalue weighted by Crippen LogP contribution is -2.17. The highest BCUT2D eigenvalue weighted by atomic mass is 19.4. The number of amides is 1. The van der Waals surface area contributed by atoms with Crippen molar-refractivity contribution in [1.29, 1.82) is 0 Å². The monoisotopic (exact) mass is 366 g/mol. The average Bonchev–Trinajstić information content (AvgIpc) is 2.44. The molecule has 1 aromatic carbocycles. The summed E-state index contributed by atoms with van der Waals surface area (Å²) in [7, 11) is 0. The molecule has 3 N–H and O–H groups in total. The second-order valence-electron chi connectivity index (χ2n) is 4.84. The van der Waals surface area contributed by atoms with E-state index in [1.807, 2.05) is 10.3 Å². The molecule has 11 heteroatoms. The number of halogens is 6. The number of alkyl halides is 6. The van der Waals surface area contributed by atoms with Gasteiger partial charge in [-0.05, 0) is 18.2 Å². The van der Waals surface area contributed by atoms with Crippen molar-refractivity contribution in [2.24, 2.45) is 0 Å². The topological polar surface area (TPSA) is 82.2 Å². The maximum atomic E-state index is 12.7. The van der Waals surface area contributed by atoms with Crippen molar-refractivity contribution in [2.75, 3.05) is 5.32 Å². The molecule has 134 valence electrons. The third kappa shape index (κ3) is 4.31. The predicted octanol–water partition coefficient (Wildman–Crippen LogP) is 3.37. The summed E-state index contributed by atoms with van der Waals surface area (Å²) in [6.45, 7) is 0. The van der Waals surface area contributed by atoms with Crippen LogP contribution >= 0.6 is 0 Å². The van der Waals surface area contributed by atoms with Crippen LogP contribution in [0.3, 0.4) is 0 Å². The summed E-state index contributed by atoms with van der Waals surface area (Å²) in [5.74, 6) is -1.99. The fourth-order valence-electron chi connectivity index (χ4n) is 1.87. The summed E-state index contributed by atoms with van der Waals surface area (Å²) in [4.78, 5) is 24.9. The SMILES string of the molecule is O=C(Nc1cc(C(F)(F)F)cc(C(F)(F)F)c1)c1c[nH]c(=O)cc1O. The van der Waals surface area contributed by atoms with Gasteiger partial charge in [-0.1, -0.05) is 0 Å². The minimum atomic E-state index is -5.07. The first-order valence-electron chi connectivity index (χ1n) is 6.40. The molecular formula is C14H8F6N2O3. The summed E-state index contributed by atoms with van der Waals surface area (Å²) in [6, 6.07) is 1.17. The summed E-state index contributed by atoms with van der Waals surface area (Å²) >= 11 is 0. The zero-order valence-electron chi connectivity index (χ0n) is 11.9. The van der Waals surface area contributed by atoms with Crippen molar-refractivity contribution < 1.29 is 36.2 Å². The van der Waals surface area contributed by atoms with Gasteiger partial charge in [-0.25, -0.2) is 0 Å². The maximum absolute atomic E-state index is 12.7. The summed E-state index contributed by atoms with van der Waals surface area (Å²) in [5.41, 5.74) is -5.29. The molecule has 0 aliphatic rings. The average molecular weight is 366 g/mol. The van der Waals surface area contributed by atoms with E-state index in [1.54, 1.807) is 0 Å². The predicted molar refractivity (Wildman–Crippen MR) is 73.1 cm³/mol. The van der Waals surface area contributed by atoms with Crippen LogP contribution in [-0.4, -0.2) is 16.0 Å². The lowest BCUT2D eigenvalue weighted by atomic mass is 10.1. The molecule has 0 spiro atoms. The van der Waals surface area contributed by atoms with Gasteiger partial charge in [0.1, 0.15) is 5.75 Å². The van der Waals surface area contributed by atoms with E-state index < -0.39 is 51.9 Å². The number of benzene rings is 1. The molecule has 0 fully saturated rings. The maximum Gasteiger partial charge on any atom is 0.416 e. The van der Waals surface area contributed by atoms with Gasteiger partial charge in [0, 0.05) is 18.0 Å². The van der Waals surface area contributed by atoms with Gasteiger partial charge in [0.2, 0.25) is 0 Å². The van der Waals surface area contributed by atoms with Crippen LogP contribution in [0.15, 0.2) is 35.3 Å². The smallest absolute Gasteiger partial charge is 0.416 e. The van der Waals surface area contributed by atoms with Crippen molar-refractivity contribution in [3.05, 3.63) is 57.5 Å². The Morgan fingerprint density at radius 3 is 1.92 bits per heavy atom. The highest BCUT2D eigenvalue weighted by Gasteiger charge is 2.37. The minimum absolute atomic E-state index is 0.0901. The number of hydrogen-bond donors (Lipinski definition) is 3. The lowest BCUT2D eigenvalue weighted by molar-refractivity contribution is -0.143. The van der Waals surface area contributed by atoms with Crippen molar-refractivity contribution in [3.8, 4) is 5.75 Å². The van der Waals surface area contributed by atoms with Gasteiger partial charge in [-0.3, -0.25) is 9.59 Å². The fourth-order valence-corrected chi connectivity index (χ4v) is 1.87. The van der Waals surface area contributed by atoms with Crippen LogP contribution in [0, 0.1) is 0 Å². The third-order valence-corrected chi connectivity index (χ3v) is 2.99. The lowest BCUT2D eigenvalue weighted by Gasteiger charge is -2.15. The Labute approximate surface area is 134 Å². The van der Waals surface area contributed by atoms with Crippen molar-refractivity contribution in [3.63, 3.8) is 0 Å². The fraction of sp³-hybridized carbons (Fsp3) is 0.143. The number of carbonyl (C=O) groups excluding carboxylic acids is 1. The highest BCUT2D eigenvalue weighted by Crippen LogP contribution is 2.37. The van der Waals surface area contributed by atoms with Crippen molar-refractivity contribution in [1.82, 2.24) is 4.98 Å². The summed E-state index contributed by atoms with van der Waals surface area (Å²) in [5, 5.41) is 11.3.